The van der Waals surface area contributed by atoms with Gasteiger partial charge in [-0.15, -0.1) is 0 Å². The van der Waals surface area contributed by atoms with Crippen LogP contribution in [0.4, 0.5) is 0 Å². The molecule has 0 radical (unpaired) electrons. The molecule has 1 fully saturated rings. The standard InChI is InChI=1S/C12H20N4O2/c13-5-6-16-7-10(14-8-16)12(18)15-9-3-1-2-4-11(9)17/h7-9,11,17H,1-6,13H2,(H,15,18). The van der Waals surface area contributed by atoms with Crippen molar-refractivity contribution < 1.29 is 9.90 Å². The second-order valence-corrected chi connectivity index (χ2v) is 4.72. The van der Waals surface area contributed by atoms with Crippen LogP contribution < -0.4 is 11.1 Å². The van der Waals surface area contributed by atoms with Gasteiger partial charge >= 0.3 is 0 Å². The van der Waals surface area contributed by atoms with Crippen LogP contribution in [0.15, 0.2) is 12.5 Å². The Kier molecular flexibility index (Phi) is 4.33. The number of carbonyl (C=O) groups is 1. The van der Waals surface area contributed by atoms with E-state index in [2.05, 4.69) is 10.3 Å². The molecular formula is C12H20N4O2. The van der Waals surface area contributed by atoms with Crippen LogP contribution >= 0.6 is 0 Å². The Hall–Kier alpha value is -1.40. The third-order valence-electron chi connectivity index (χ3n) is 3.30. The highest BCUT2D eigenvalue weighted by Crippen LogP contribution is 2.18. The third-order valence-corrected chi connectivity index (χ3v) is 3.30. The van der Waals surface area contributed by atoms with Gasteiger partial charge in [-0.2, -0.15) is 0 Å². The zero-order chi connectivity index (χ0) is 13.0. The summed E-state index contributed by atoms with van der Waals surface area (Å²) in [5, 5.41) is 12.6. The zero-order valence-electron chi connectivity index (χ0n) is 10.4. The molecule has 1 aromatic rings. The van der Waals surface area contributed by atoms with E-state index in [0.717, 1.165) is 25.7 Å². The lowest BCUT2D eigenvalue weighted by Gasteiger charge is -2.27. The minimum atomic E-state index is -0.436. The Bertz CT molecular complexity index is 405. The second kappa shape index (κ2) is 5.97. The molecule has 2 unspecified atom stereocenters. The number of hydrogen-bond donors (Lipinski definition) is 3. The molecule has 0 aromatic carbocycles. The summed E-state index contributed by atoms with van der Waals surface area (Å²) in [5.74, 6) is -0.225. The lowest BCUT2D eigenvalue weighted by molar-refractivity contribution is 0.0714. The number of hydrogen-bond acceptors (Lipinski definition) is 4. The number of carbonyl (C=O) groups excluding carboxylic acids is 1. The first kappa shape index (κ1) is 13.0. The Morgan fingerprint density at radius 3 is 3.06 bits per heavy atom. The Morgan fingerprint density at radius 1 is 1.56 bits per heavy atom. The molecule has 2 atom stereocenters. The minimum Gasteiger partial charge on any atom is -0.391 e. The summed E-state index contributed by atoms with van der Waals surface area (Å²) >= 11 is 0. The van der Waals surface area contributed by atoms with Gasteiger partial charge in [-0.05, 0) is 12.8 Å². The quantitative estimate of drug-likeness (QED) is 0.696. The maximum atomic E-state index is 11.9. The Labute approximate surface area is 106 Å². The maximum Gasteiger partial charge on any atom is 0.271 e. The van der Waals surface area contributed by atoms with Crippen LogP contribution in [0.25, 0.3) is 0 Å². The molecule has 1 aliphatic carbocycles. The summed E-state index contributed by atoms with van der Waals surface area (Å²) < 4.78 is 1.78. The van der Waals surface area contributed by atoms with Crippen molar-refractivity contribution in [2.45, 2.75) is 44.4 Å². The zero-order valence-corrected chi connectivity index (χ0v) is 10.4. The van der Waals surface area contributed by atoms with Gasteiger partial charge in [-0.1, -0.05) is 12.8 Å². The fourth-order valence-corrected chi connectivity index (χ4v) is 2.27. The molecule has 2 rings (SSSR count). The predicted molar refractivity (Wildman–Crippen MR) is 67.0 cm³/mol. The molecule has 6 heteroatoms. The SMILES string of the molecule is NCCn1cnc(C(=O)NC2CCCCC2O)c1. The first-order valence-corrected chi connectivity index (χ1v) is 6.41. The number of aliphatic hydroxyl groups excluding tert-OH is 1. The molecule has 1 amide bonds. The summed E-state index contributed by atoms with van der Waals surface area (Å²) in [6, 6.07) is -0.147. The minimum absolute atomic E-state index is 0.147. The van der Waals surface area contributed by atoms with Crippen molar-refractivity contribution >= 4 is 5.91 Å². The number of nitrogens with one attached hydrogen (secondary N) is 1. The van der Waals surface area contributed by atoms with Crippen molar-refractivity contribution in [1.82, 2.24) is 14.9 Å². The Morgan fingerprint density at radius 2 is 2.33 bits per heavy atom. The van der Waals surface area contributed by atoms with E-state index >= 15 is 0 Å². The summed E-state index contributed by atoms with van der Waals surface area (Å²) in [6.45, 7) is 1.16. The van der Waals surface area contributed by atoms with Crippen molar-refractivity contribution in [3.63, 3.8) is 0 Å². The number of amides is 1. The van der Waals surface area contributed by atoms with E-state index in [-0.39, 0.29) is 11.9 Å². The van der Waals surface area contributed by atoms with Crippen molar-refractivity contribution in [1.29, 1.82) is 0 Å². The number of nitrogens with two attached hydrogens (primary N) is 1. The van der Waals surface area contributed by atoms with Gasteiger partial charge in [0.25, 0.3) is 5.91 Å². The molecule has 0 aliphatic heterocycles. The van der Waals surface area contributed by atoms with Crippen LogP contribution in [-0.4, -0.2) is 39.3 Å². The van der Waals surface area contributed by atoms with E-state index in [1.54, 1.807) is 17.1 Å². The van der Waals surface area contributed by atoms with Crippen molar-refractivity contribution in [2.75, 3.05) is 6.54 Å². The molecule has 100 valence electrons. The van der Waals surface area contributed by atoms with Gasteiger partial charge in [0, 0.05) is 19.3 Å². The van der Waals surface area contributed by atoms with Crippen LogP contribution in [0.2, 0.25) is 0 Å². The first-order valence-electron chi connectivity index (χ1n) is 6.41. The number of aliphatic hydroxyl groups is 1. The second-order valence-electron chi connectivity index (χ2n) is 4.72. The lowest BCUT2D eigenvalue weighted by atomic mass is 9.92. The van der Waals surface area contributed by atoms with Crippen LogP contribution in [0, 0.1) is 0 Å². The van der Waals surface area contributed by atoms with Crippen LogP contribution in [-0.2, 0) is 6.54 Å². The fourth-order valence-electron chi connectivity index (χ4n) is 2.27. The van der Waals surface area contributed by atoms with Crippen LogP contribution in [0.3, 0.4) is 0 Å². The van der Waals surface area contributed by atoms with Gasteiger partial charge in [0.15, 0.2) is 0 Å². The van der Waals surface area contributed by atoms with Gasteiger partial charge in [0.1, 0.15) is 5.69 Å². The molecule has 1 aromatic heterocycles. The molecule has 0 spiro atoms. The van der Waals surface area contributed by atoms with E-state index in [1.807, 2.05) is 0 Å². The maximum absolute atomic E-state index is 11.9. The number of imidazole rings is 1. The highest BCUT2D eigenvalue weighted by atomic mass is 16.3. The molecule has 6 nitrogen and oxygen atoms in total. The van der Waals surface area contributed by atoms with E-state index in [0.29, 0.717) is 18.8 Å². The lowest BCUT2D eigenvalue weighted by Crippen LogP contribution is -2.45. The fraction of sp³-hybridized carbons (Fsp3) is 0.667. The number of nitrogens with zero attached hydrogens (tertiary/aromatic N) is 2. The molecule has 4 N–H and O–H groups in total. The summed E-state index contributed by atoms with van der Waals surface area (Å²) in [5.41, 5.74) is 5.81. The number of aromatic nitrogens is 2. The summed E-state index contributed by atoms with van der Waals surface area (Å²) in [7, 11) is 0. The highest BCUT2D eigenvalue weighted by Gasteiger charge is 2.25. The predicted octanol–water partition coefficient (Wildman–Crippen LogP) is -0.125. The van der Waals surface area contributed by atoms with Gasteiger partial charge in [0.2, 0.25) is 0 Å². The van der Waals surface area contributed by atoms with Crippen molar-refractivity contribution in [3.05, 3.63) is 18.2 Å². The van der Waals surface area contributed by atoms with E-state index in [9.17, 15) is 9.90 Å². The summed E-state index contributed by atoms with van der Waals surface area (Å²) in [6.07, 6.45) is 6.50. The van der Waals surface area contributed by atoms with Crippen LogP contribution in [0.5, 0.6) is 0 Å². The van der Waals surface area contributed by atoms with E-state index in [1.165, 1.54) is 0 Å². The molecule has 1 aliphatic rings. The summed E-state index contributed by atoms with van der Waals surface area (Å²) in [4.78, 5) is 16.0. The molecular weight excluding hydrogens is 232 g/mol. The van der Waals surface area contributed by atoms with E-state index in [4.69, 9.17) is 5.73 Å². The third kappa shape index (κ3) is 3.08. The van der Waals surface area contributed by atoms with Gasteiger partial charge in [-0.3, -0.25) is 4.79 Å². The van der Waals surface area contributed by atoms with E-state index < -0.39 is 6.10 Å². The van der Waals surface area contributed by atoms with Crippen molar-refractivity contribution in [3.8, 4) is 0 Å². The molecule has 0 saturated heterocycles. The van der Waals surface area contributed by atoms with Gasteiger partial charge in [0.05, 0.1) is 18.5 Å². The monoisotopic (exact) mass is 252 g/mol. The average Bonchev–Trinajstić information content (AvgIpc) is 2.81. The average molecular weight is 252 g/mol. The smallest absolute Gasteiger partial charge is 0.271 e. The molecule has 0 bridgehead atoms. The highest BCUT2D eigenvalue weighted by molar-refractivity contribution is 5.92. The molecule has 18 heavy (non-hydrogen) atoms. The Balaban J connectivity index is 1.93. The largest absolute Gasteiger partial charge is 0.391 e. The van der Waals surface area contributed by atoms with Gasteiger partial charge in [-0.25, -0.2) is 4.98 Å². The first-order chi connectivity index (χ1) is 8.70. The van der Waals surface area contributed by atoms with Crippen molar-refractivity contribution in [2.24, 2.45) is 5.73 Å². The topological polar surface area (TPSA) is 93.2 Å². The van der Waals surface area contributed by atoms with Gasteiger partial charge < -0.3 is 20.7 Å². The molecule has 1 saturated carbocycles. The normalized spacial score (nSPS) is 23.9. The molecule has 1 heterocycles. The van der Waals surface area contributed by atoms with Crippen LogP contribution in [0.1, 0.15) is 36.2 Å². The number of rotatable bonds is 4.